The lowest BCUT2D eigenvalue weighted by Gasteiger charge is -2.40. The summed E-state index contributed by atoms with van der Waals surface area (Å²) in [5.74, 6) is -0.527. The van der Waals surface area contributed by atoms with E-state index in [2.05, 4.69) is 5.32 Å². The summed E-state index contributed by atoms with van der Waals surface area (Å²) in [6, 6.07) is 18.4. The summed E-state index contributed by atoms with van der Waals surface area (Å²) >= 11 is 1.56. The lowest BCUT2D eigenvalue weighted by molar-refractivity contribution is -0.125. The Bertz CT molecular complexity index is 1170. The Labute approximate surface area is 210 Å². The van der Waals surface area contributed by atoms with E-state index in [1.807, 2.05) is 62.5 Å². The molecule has 0 spiro atoms. The lowest BCUT2D eigenvalue weighted by Crippen LogP contribution is -2.46. The maximum Gasteiger partial charge on any atom is 0.253 e. The molecule has 35 heavy (non-hydrogen) atoms. The molecule has 0 saturated carbocycles. The van der Waals surface area contributed by atoms with Gasteiger partial charge in [-0.3, -0.25) is 14.4 Å². The van der Waals surface area contributed by atoms with Crippen molar-refractivity contribution < 1.29 is 14.4 Å². The van der Waals surface area contributed by atoms with Crippen molar-refractivity contribution in [2.75, 3.05) is 23.3 Å². The Morgan fingerprint density at radius 2 is 1.71 bits per heavy atom. The van der Waals surface area contributed by atoms with Crippen molar-refractivity contribution in [3.05, 3.63) is 82.0 Å². The van der Waals surface area contributed by atoms with Crippen LogP contribution >= 0.6 is 11.3 Å². The zero-order chi connectivity index (χ0) is 24.9. The first-order valence-corrected chi connectivity index (χ1v) is 12.9. The number of benzene rings is 2. The summed E-state index contributed by atoms with van der Waals surface area (Å²) in [6.07, 6.45) is 0.791. The van der Waals surface area contributed by atoms with Crippen LogP contribution in [-0.4, -0.2) is 35.7 Å². The minimum absolute atomic E-state index is 0.0230. The third kappa shape index (κ3) is 5.30. The van der Waals surface area contributed by atoms with Crippen LogP contribution in [0, 0.1) is 12.8 Å². The molecule has 2 atom stereocenters. The van der Waals surface area contributed by atoms with Gasteiger partial charge in [-0.1, -0.05) is 23.8 Å². The molecule has 1 aliphatic rings. The second kappa shape index (κ2) is 10.9. The second-order valence-electron chi connectivity index (χ2n) is 8.75. The molecule has 0 unspecified atom stereocenters. The fourth-order valence-corrected chi connectivity index (χ4v) is 5.47. The molecule has 0 bridgehead atoms. The molecular formula is C28H31N3O3S. The van der Waals surface area contributed by atoms with Crippen LogP contribution in [0.1, 0.15) is 53.5 Å². The monoisotopic (exact) mass is 489 g/mol. The van der Waals surface area contributed by atoms with Gasteiger partial charge in [0.2, 0.25) is 11.8 Å². The number of carbonyl (C=O) groups excluding carboxylic acids is 3. The number of hydrogen-bond acceptors (Lipinski definition) is 4. The number of anilines is 2. The number of aryl methyl sites for hydroxylation is 1. The summed E-state index contributed by atoms with van der Waals surface area (Å²) in [7, 11) is 0. The van der Waals surface area contributed by atoms with Gasteiger partial charge in [-0.05, 0) is 75.0 Å². The van der Waals surface area contributed by atoms with Gasteiger partial charge < -0.3 is 15.1 Å². The Morgan fingerprint density at radius 3 is 2.31 bits per heavy atom. The van der Waals surface area contributed by atoms with Crippen LogP contribution in [0.3, 0.4) is 0 Å². The molecule has 4 rings (SSSR count). The molecule has 6 nitrogen and oxygen atoms in total. The minimum atomic E-state index is -0.398. The van der Waals surface area contributed by atoms with Crippen molar-refractivity contribution in [2.45, 2.75) is 39.7 Å². The molecule has 3 aromatic rings. The molecule has 0 radical (unpaired) electrons. The second-order valence-corrected chi connectivity index (χ2v) is 9.73. The predicted octanol–water partition coefficient (Wildman–Crippen LogP) is 5.66. The van der Waals surface area contributed by atoms with Crippen molar-refractivity contribution in [3.63, 3.8) is 0 Å². The van der Waals surface area contributed by atoms with E-state index in [1.54, 1.807) is 45.4 Å². The lowest BCUT2D eigenvalue weighted by atomic mass is 9.86. The Hall–Kier alpha value is -3.45. The molecular weight excluding hydrogens is 458 g/mol. The maximum absolute atomic E-state index is 13.5. The standard InChI is InChI=1S/C28H31N3O3S/c1-4-30(5-2)28(34)20-10-12-21(13-11-20)29-27(33)23-16-17-25(32)31(22-14-8-19(3)9-15-22)26(23)24-7-6-18-35-24/h6-15,18,23,26H,4-5,16-17H2,1-3H3,(H,29,33)/t23-,26+/m0/s1. The third-order valence-corrected chi connectivity index (χ3v) is 7.47. The van der Waals surface area contributed by atoms with E-state index in [1.165, 1.54) is 0 Å². The van der Waals surface area contributed by atoms with Crippen LogP contribution in [0.5, 0.6) is 0 Å². The highest BCUT2D eigenvalue weighted by atomic mass is 32.1. The van der Waals surface area contributed by atoms with E-state index in [-0.39, 0.29) is 23.8 Å². The molecule has 1 saturated heterocycles. The average Bonchev–Trinajstić information content (AvgIpc) is 3.40. The molecule has 1 fully saturated rings. The van der Waals surface area contributed by atoms with Crippen LogP contribution in [0.4, 0.5) is 11.4 Å². The first-order valence-electron chi connectivity index (χ1n) is 12.0. The van der Waals surface area contributed by atoms with Crippen molar-refractivity contribution >= 4 is 40.4 Å². The van der Waals surface area contributed by atoms with Crippen molar-refractivity contribution in [3.8, 4) is 0 Å². The summed E-state index contributed by atoms with van der Waals surface area (Å²) in [6.45, 7) is 7.21. The van der Waals surface area contributed by atoms with Gasteiger partial charge in [0.1, 0.15) is 0 Å². The van der Waals surface area contributed by atoms with Gasteiger partial charge >= 0.3 is 0 Å². The summed E-state index contributed by atoms with van der Waals surface area (Å²) in [5.41, 5.74) is 3.14. The topological polar surface area (TPSA) is 69.7 Å². The number of carbonyl (C=O) groups is 3. The van der Waals surface area contributed by atoms with Crippen molar-refractivity contribution in [1.82, 2.24) is 4.90 Å². The fraction of sp³-hybridized carbons (Fsp3) is 0.321. The van der Waals surface area contributed by atoms with Crippen LogP contribution < -0.4 is 10.2 Å². The number of amides is 3. The van der Waals surface area contributed by atoms with Crippen LogP contribution in [0.25, 0.3) is 0 Å². The molecule has 2 heterocycles. The van der Waals surface area contributed by atoms with Gasteiger partial charge in [0, 0.05) is 41.3 Å². The van der Waals surface area contributed by atoms with Gasteiger partial charge in [-0.25, -0.2) is 0 Å². The largest absolute Gasteiger partial charge is 0.339 e. The van der Waals surface area contributed by atoms with Crippen molar-refractivity contribution in [1.29, 1.82) is 0 Å². The number of hydrogen-bond donors (Lipinski definition) is 1. The van der Waals surface area contributed by atoms with Gasteiger partial charge in [-0.15, -0.1) is 11.3 Å². The number of rotatable bonds is 7. The van der Waals surface area contributed by atoms with Gasteiger partial charge in [0.25, 0.3) is 5.91 Å². The molecule has 3 amide bonds. The van der Waals surface area contributed by atoms with Crippen molar-refractivity contribution in [2.24, 2.45) is 5.92 Å². The molecule has 0 aliphatic carbocycles. The predicted molar refractivity (Wildman–Crippen MR) is 141 cm³/mol. The van der Waals surface area contributed by atoms with E-state index in [0.717, 1.165) is 16.1 Å². The Morgan fingerprint density at radius 1 is 1.03 bits per heavy atom. The number of thiophene rings is 1. The summed E-state index contributed by atoms with van der Waals surface area (Å²) < 4.78 is 0. The van der Waals surface area contributed by atoms with E-state index in [4.69, 9.17) is 0 Å². The summed E-state index contributed by atoms with van der Waals surface area (Å²) in [5, 5.41) is 5.00. The van der Waals surface area contributed by atoms with Crippen LogP contribution in [-0.2, 0) is 9.59 Å². The first-order chi connectivity index (χ1) is 16.9. The molecule has 1 N–H and O–H groups in total. The molecule has 1 aliphatic heterocycles. The number of nitrogens with one attached hydrogen (secondary N) is 1. The maximum atomic E-state index is 13.5. The smallest absolute Gasteiger partial charge is 0.253 e. The normalized spacial score (nSPS) is 17.8. The number of piperidine rings is 1. The highest BCUT2D eigenvalue weighted by molar-refractivity contribution is 7.10. The number of nitrogens with zero attached hydrogens (tertiary/aromatic N) is 2. The minimum Gasteiger partial charge on any atom is -0.339 e. The fourth-order valence-electron chi connectivity index (χ4n) is 4.59. The third-order valence-electron chi connectivity index (χ3n) is 6.53. The quantitative estimate of drug-likeness (QED) is 0.465. The molecule has 2 aromatic carbocycles. The van der Waals surface area contributed by atoms with Gasteiger partial charge in [0.15, 0.2) is 0 Å². The zero-order valence-corrected chi connectivity index (χ0v) is 21.2. The van der Waals surface area contributed by atoms with E-state index >= 15 is 0 Å². The highest BCUT2D eigenvalue weighted by Crippen LogP contribution is 2.42. The van der Waals surface area contributed by atoms with E-state index < -0.39 is 5.92 Å². The Kier molecular flexibility index (Phi) is 7.66. The van der Waals surface area contributed by atoms with Gasteiger partial charge in [-0.2, -0.15) is 0 Å². The van der Waals surface area contributed by atoms with E-state index in [9.17, 15) is 14.4 Å². The molecule has 7 heteroatoms. The molecule has 1 aromatic heterocycles. The van der Waals surface area contributed by atoms with E-state index in [0.29, 0.717) is 37.2 Å². The zero-order valence-electron chi connectivity index (χ0n) is 20.4. The van der Waals surface area contributed by atoms with Crippen LogP contribution in [0.2, 0.25) is 0 Å². The first kappa shape index (κ1) is 24.7. The highest BCUT2D eigenvalue weighted by Gasteiger charge is 2.42. The van der Waals surface area contributed by atoms with Crippen LogP contribution in [0.15, 0.2) is 66.0 Å². The SMILES string of the molecule is CCN(CC)C(=O)c1ccc(NC(=O)[C@H]2CCC(=O)N(c3ccc(C)cc3)[C@H]2c2cccs2)cc1. The summed E-state index contributed by atoms with van der Waals surface area (Å²) in [4.78, 5) is 43.7. The Balaban J connectivity index is 1.58. The molecule has 182 valence electrons. The average molecular weight is 490 g/mol. The van der Waals surface area contributed by atoms with Gasteiger partial charge in [0.05, 0.1) is 12.0 Å².